The first-order valence-electron chi connectivity index (χ1n) is 8.28. The number of carbonyl (C=O) groups is 2. The van der Waals surface area contributed by atoms with Crippen molar-refractivity contribution in [1.82, 2.24) is 0 Å². The van der Waals surface area contributed by atoms with Gasteiger partial charge in [-0.15, -0.1) is 0 Å². The van der Waals surface area contributed by atoms with Gasteiger partial charge in [0.25, 0.3) is 5.91 Å². The molecule has 2 aromatic carbocycles. The van der Waals surface area contributed by atoms with E-state index < -0.39 is 18.0 Å². The van der Waals surface area contributed by atoms with Gasteiger partial charge in [0.15, 0.2) is 17.6 Å². The van der Waals surface area contributed by atoms with Crippen molar-refractivity contribution >= 4 is 23.6 Å². The maximum atomic E-state index is 12.2. The zero-order valence-electron chi connectivity index (χ0n) is 14.9. The van der Waals surface area contributed by atoms with E-state index >= 15 is 0 Å². The van der Waals surface area contributed by atoms with Gasteiger partial charge in [0, 0.05) is 17.8 Å². The fourth-order valence-corrected chi connectivity index (χ4v) is 2.36. The van der Waals surface area contributed by atoms with Crippen LogP contribution in [0.25, 0.3) is 6.08 Å². The van der Waals surface area contributed by atoms with Gasteiger partial charge in [-0.3, -0.25) is 4.79 Å². The van der Waals surface area contributed by atoms with Crippen LogP contribution in [0.3, 0.4) is 0 Å². The fourth-order valence-electron chi connectivity index (χ4n) is 2.36. The van der Waals surface area contributed by atoms with Gasteiger partial charge in [-0.2, -0.15) is 0 Å². The average Bonchev–Trinajstić information content (AvgIpc) is 3.14. The van der Waals surface area contributed by atoms with Crippen molar-refractivity contribution in [2.24, 2.45) is 0 Å². The van der Waals surface area contributed by atoms with E-state index in [1.165, 1.54) is 13.0 Å². The molecule has 1 N–H and O–H groups in total. The monoisotopic (exact) mass is 369 g/mol. The Morgan fingerprint density at radius 3 is 2.59 bits per heavy atom. The van der Waals surface area contributed by atoms with Crippen LogP contribution in [0.2, 0.25) is 0 Å². The minimum absolute atomic E-state index is 0.154. The van der Waals surface area contributed by atoms with Gasteiger partial charge in [-0.05, 0) is 42.8 Å². The molecule has 0 fully saturated rings. The zero-order chi connectivity index (χ0) is 19.2. The van der Waals surface area contributed by atoms with Gasteiger partial charge in [0.2, 0.25) is 6.79 Å². The highest BCUT2D eigenvalue weighted by atomic mass is 16.7. The minimum atomic E-state index is -0.955. The molecule has 27 heavy (non-hydrogen) atoms. The predicted molar refractivity (Wildman–Crippen MR) is 98.8 cm³/mol. The number of carbonyl (C=O) groups excluding carboxylic acids is 2. The Labute approximate surface area is 156 Å². The topological polar surface area (TPSA) is 83.1 Å². The third-order valence-electron chi connectivity index (χ3n) is 3.83. The third-order valence-corrected chi connectivity index (χ3v) is 3.83. The first-order chi connectivity index (χ1) is 13.0. The molecular formula is C20H19NO6. The Balaban J connectivity index is 1.52. The fraction of sp³-hybridized carbons (Fsp3) is 0.200. The number of ether oxygens (including phenoxy) is 4. The van der Waals surface area contributed by atoms with E-state index in [0.717, 1.165) is 11.3 Å². The second kappa shape index (κ2) is 8.27. The lowest BCUT2D eigenvalue weighted by Gasteiger charge is -2.12. The number of fused-ring (bicyclic) bond motifs is 1. The molecule has 3 rings (SSSR count). The summed E-state index contributed by atoms with van der Waals surface area (Å²) in [7, 11) is 1.58. The van der Waals surface area contributed by atoms with Crippen molar-refractivity contribution in [3.63, 3.8) is 0 Å². The minimum Gasteiger partial charge on any atom is -0.497 e. The summed E-state index contributed by atoms with van der Waals surface area (Å²) in [5.41, 5.74) is 1.34. The van der Waals surface area contributed by atoms with E-state index in [1.54, 1.807) is 55.7 Å². The van der Waals surface area contributed by atoms with Crippen LogP contribution in [0.5, 0.6) is 17.2 Å². The number of amides is 1. The summed E-state index contributed by atoms with van der Waals surface area (Å²) in [5.74, 6) is 0.846. The second-order valence-electron chi connectivity index (χ2n) is 5.74. The van der Waals surface area contributed by atoms with Crippen LogP contribution >= 0.6 is 0 Å². The zero-order valence-corrected chi connectivity index (χ0v) is 14.9. The van der Waals surface area contributed by atoms with E-state index in [2.05, 4.69) is 5.32 Å². The molecule has 2 aromatic rings. The van der Waals surface area contributed by atoms with E-state index in [1.807, 2.05) is 0 Å². The van der Waals surface area contributed by atoms with Crippen molar-refractivity contribution in [3.05, 3.63) is 54.1 Å². The normalized spacial score (nSPS) is 13.3. The largest absolute Gasteiger partial charge is 0.497 e. The summed E-state index contributed by atoms with van der Waals surface area (Å²) >= 11 is 0. The van der Waals surface area contributed by atoms with Gasteiger partial charge in [0.05, 0.1) is 7.11 Å². The number of hydrogen-bond donors (Lipinski definition) is 1. The molecule has 0 saturated heterocycles. The number of anilines is 1. The van der Waals surface area contributed by atoms with Crippen molar-refractivity contribution in [2.45, 2.75) is 13.0 Å². The Bertz CT molecular complexity index is 859. The van der Waals surface area contributed by atoms with E-state index in [0.29, 0.717) is 17.2 Å². The molecule has 0 aliphatic carbocycles. The summed E-state index contributed by atoms with van der Waals surface area (Å²) < 4.78 is 20.7. The lowest BCUT2D eigenvalue weighted by atomic mass is 10.2. The molecule has 7 nitrogen and oxygen atoms in total. The maximum absolute atomic E-state index is 12.2. The molecule has 0 bridgehead atoms. The lowest BCUT2D eigenvalue weighted by molar-refractivity contribution is -0.148. The van der Waals surface area contributed by atoms with Crippen LogP contribution < -0.4 is 19.5 Å². The molecule has 1 heterocycles. The molecule has 0 radical (unpaired) electrons. The number of esters is 1. The third kappa shape index (κ3) is 4.78. The summed E-state index contributed by atoms with van der Waals surface area (Å²) in [6.45, 7) is 1.66. The molecule has 0 unspecified atom stereocenters. The maximum Gasteiger partial charge on any atom is 0.331 e. The highest BCUT2D eigenvalue weighted by Gasteiger charge is 2.19. The number of methoxy groups -OCH3 is 1. The highest BCUT2D eigenvalue weighted by molar-refractivity contribution is 5.96. The standard InChI is InChI=1S/C20H19NO6/c1-13(20(23)21-15-6-9-17-18(11-15)26-12-25-17)27-19(22)10-5-14-3-7-16(24-2)8-4-14/h3-11,13H,12H2,1-2H3,(H,21,23)/b10-5+/t13-/m1/s1. The first-order valence-corrected chi connectivity index (χ1v) is 8.28. The van der Waals surface area contributed by atoms with Gasteiger partial charge in [-0.1, -0.05) is 12.1 Å². The molecule has 0 saturated carbocycles. The van der Waals surface area contributed by atoms with Crippen LogP contribution in [0, 0.1) is 0 Å². The number of rotatable bonds is 6. The van der Waals surface area contributed by atoms with Crippen molar-refractivity contribution in [2.75, 3.05) is 19.2 Å². The molecule has 140 valence electrons. The Morgan fingerprint density at radius 2 is 1.85 bits per heavy atom. The number of benzene rings is 2. The van der Waals surface area contributed by atoms with Gasteiger partial charge < -0.3 is 24.3 Å². The Hall–Kier alpha value is -3.48. The molecule has 0 spiro atoms. The van der Waals surface area contributed by atoms with Gasteiger partial charge >= 0.3 is 5.97 Å². The van der Waals surface area contributed by atoms with Crippen LogP contribution in [0.4, 0.5) is 5.69 Å². The first kappa shape index (κ1) is 18.3. The molecule has 0 aromatic heterocycles. The van der Waals surface area contributed by atoms with E-state index in [9.17, 15) is 9.59 Å². The van der Waals surface area contributed by atoms with Crippen LogP contribution in [0.15, 0.2) is 48.5 Å². The quantitative estimate of drug-likeness (QED) is 0.623. The molecule has 1 aliphatic rings. The summed E-state index contributed by atoms with van der Waals surface area (Å²) in [6.07, 6.45) is 1.92. The summed E-state index contributed by atoms with van der Waals surface area (Å²) in [4.78, 5) is 24.1. The van der Waals surface area contributed by atoms with E-state index in [-0.39, 0.29) is 6.79 Å². The van der Waals surface area contributed by atoms with Gasteiger partial charge in [-0.25, -0.2) is 4.79 Å². The summed E-state index contributed by atoms with van der Waals surface area (Å²) in [5, 5.41) is 2.67. The van der Waals surface area contributed by atoms with Crippen molar-refractivity contribution < 1.29 is 28.5 Å². The van der Waals surface area contributed by atoms with Crippen molar-refractivity contribution in [1.29, 1.82) is 0 Å². The van der Waals surface area contributed by atoms with Gasteiger partial charge in [0.1, 0.15) is 5.75 Å². The predicted octanol–water partition coefficient (Wildman–Crippen LogP) is 3.01. The highest BCUT2D eigenvalue weighted by Crippen LogP contribution is 2.34. The molecule has 7 heteroatoms. The Kier molecular flexibility index (Phi) is 5.61. The number of nitrogens with one attached hydrogen (secondary N) is 1. The molecule has 1 aliphatic heterocycles. The van der Waals surface area contributed by atoms with Crippen LogP contribution in [0.1, 0.15) is 12.5 Å². The lowest BCUT2D eigenvalue weighted by Crippen LogP contribution is -2.29. The average molecular weight is 369 g/mol. The smallest absolute Gasteiger partial charge is 0.331 e. The van der Waals surface area contributed by atoms with Crippen LogP contribution in [-0.2, 0) is 14.3 Å². The molecule has 1 atom stereocenters. The van der Waals surface area contributed by atoms with Crippen LogP contribution in [-0.4, -0.2) is 31.9 Å². The van der Waals surface area contributed by atoms with E-state index in [4.69, 9.17) is 18.9 Å². The second-order valence-corrected chi connectivity index (χ2v) is 5.74. The summed E-state index contributed by atoms with van der Waals surface area (Å²) in [6, 6.07) is 12.2. The Morgan fingerprint density at radius 1 is 1.11 bits per heavy atom. The number of hydrogen-bond acceptors (Lipinski definition) is 6. The van der Waals surface area contributed by atoms with Crippen molar-refractivity contribution in [3.8, 4) is 17.2 Å². The molecule has 1 amide bonds. The molecular weight excluding hydrogens is 350 g/mol. The SMILES string of the molecule is COc1ccc(/C=C/C(=O)O[C@H](C)C(=O)Nc2ccc3c(c2)OCO3)cc1.